The SMILES string of the molecule is Cc1ccc(S(=O)(=O)[Si]([Si](NC(C)(C)C)[Si](NC(C)(C)C)[Si](S(=O)(=O)c2ccc(C)cc2)(S(=O)(=O)c2ccc(C)cc2)S(=O)(=O)c2ccc(C)cc2)(S(=O)(=O)c2ccc(C)cc2)S(=O)(=O)c2ccc(C)cc2)cc1. The second kappa shape index (κ2) is 20.6. The Hall–Kier alpha value is -4.19. The van der Waals surface area contributed by atoms with Crippen LogP contribution in [0.15, 0.2) is 175 Å². The van der Waals surface area contributed by atoms with Crippen LogP contribution in [0.25, 0.3) is 0 Å². The van der Waals surface area contributed by atoms with E-state index >= 15 is 50.5 Å². The molecule has 6 rings (SSSR count). The van der Waals surface area contributed by atoms with Crippen LogP contribution < -0.4 is 9.96 Å². The van der Waals surface area contributed by atoms with Gasteiger partial charge in [0.25, 0.3) is 0 Å². The van der Waals surface area contributed by atoms with Crippen molar-refractivity contribution in [1.82, 2.24) is 9.96 Å². The maximum Gasteiger partial charge on any atom is 0.468 e. The zero-order chi connectivity index (χ0) is 55.5. The number of rotatable bonds is 17. The van der Waals surface area contributed by atoms with Gasteiger partial charge >= 0.3 is 10.1 Å². The van der Waals surface area contributed by atoms with Gasteiger partial charge in [-0.1, -0.05) is 106 Å². The van der Waals surface area contributed by atoms with Crippen molar-refractivity contribution in [3.05, 3.63) is 179 Å². The molecule has 6 aromatic rings. The molecule has 396 valence electrons. The van der Waals surface area contributed by atoms with Crippen molar-refractivity contribution >= 4 is 81.8 Å². The highest BCUT2D eigenvalue weighted by Gasteiger charge is 2.86. The molecule has 0 aliphatic carbocycles. The molecule has 74 heavy (non-hydrogen) atoms. The van der Waals surface area contributed by atoms with Crippen LogP contribution in [0.2, 0.25) is 0 Å². The molecule has 0 heterocycles. The molecule has 0 aliphatic rings. The summed E-state index contributed by atoms with van der Waals surface area (Å²) in [6.07, 6.45) is 0. The van der Waals surface area contributed by atoms with E-state index in [0.717, 1.165) is 72.8 Å². The Morgan fingerprint density at radius 2 is 0.392 bits per heavy atom. The van der Waals surface area contributed by atoms with E-state index in [0.29, 0.717) is 33.4 Å². The lowest BCUT2D eigenvalue weighted by atomic mass is 10.1. The van der Waals surface area contributed by atoms with Gasteiger partial charge in [0.05, 0.1) is 29.4 Å². The highest BCUT2D eigenvalue weighted by molar-refractivity contribution is 8.84. The number of hydrogen-bond acceptors (Lipinski definition) is 14. The first-order valence-corrected chi connectivity index (χ1v) is 46.4. The van der Waals surface area contributed by atoms with Crippen LogP contribution in [0.4, 0.5) is 0 Å². The minimum atomic E-state index is -7.20. The molecule has 0 saturated heterocycles. The molecular weight excluding hydrogens is 1130 g/mol. The van der Waals surface area contributed by atoms with Gasteiger partial charge in [-0.2, -0.15) is 0 Å². The molecule has 6 aromatic carbocycles. The molecule has 2 radical (unpaired) electrons. The summed E-state index contributed by atoms with van der Waals surface area (Å²) in [4.78, 5) is 1.56. The van der Waals surface area contributed by atoms with E-state index in [2.05, 4.69) is 9.96 Å². The summed E-state index contributed by atoms with van der Waals surface area (Å²) < 4.78 is 204. The summed E-state index contributed by atoms with van der Waals surface area (Å²) in [5, 5.41) is -14.4. The van der Waals surface area contributed by atoms with E-state index in [1.165, 1.54) is 114 Å². The van der Waals surface area contributed by atoms with Gasteiger partial charge in [0.15, 0.2) is 71.7 Å². The number of benzene rings is 6. The lowest BCUT2D eigenvalue weighted by molar-refractivity contribution is 0.514. The van der Waals surface area contributed by atoms with Crippen molar-refractivity contribution < 1.29 is 50.5 Å². The fourth-order valence-electron chi connectivity index (χ4n) is 8.24. The molecule has 2 N–H and O–H groups in total. The normalized spacial score (nSPS) is 13.9. The van der Waals surface area contributed by atoms with Gasteiger partial charge in [0.1, 0.15) is 0 Å². The van der Waals surface area contributed by atoms with Crippen LogP contribution >= 0.6 is 0 Å². The molecule has 0 amide bonds. The second-order valence-corrected chi connectivity index (χ2v) is 79.0. The first-order chi connectivity index (χ1) is 33.9. The maximum atomic E-state index is 17.0. The van der Waals surface area contributed by atoms with Crippen LogP contribution in [0.5, 0.6) is 0 Å². The van der Waals surface area contributed by atoms with E-state index in [-0.39, 0.29) is 0 Å². The molecule has 0 aromatic heterocycles. The zero-order valence-corrected chi connectivity index (χ0v) is 52.1. The Morgan fingerprint density at radius 1 is 0.270 bits per heavy atom. The van der Waals surface area contributed by atoms with Crippen molar-refractivity contribution in [2.75, 3.05) is 0 Å². The van der Waals surface area contributed by atoms with Crippen molar-refractivity contribution in [2.45, 2.75) is 124 Å². The molecular formula is C50H62N2O12S6Si4. The van der Waals surface area contributed by atoms with E-state index in [4.69, 9.17) is 0 Å². The second-order valence-electron chi connectivity index (χ2n) is 20.5. The Balaban J connectivity index is 2.13. The minimum Gasteiger partial charge on any atom is -0.334 e. The van der Waals surface area contributed by atoms with Crippen LogP contribution in [-0.4, -0.2) is 87.7 Å². The summed E-state index contributed by atoms with van der Waals surface area (Å²) in [5.74, 6) is 0. The first kappa shape index (κ1) is 59.1. The standard InChI is InChI=1S/C50H62N2O12S6Si4/c1-37-13-25-43(26-14-37)65(53,54)73(66(55,56)44-27-15-38(2)16-28-44,67(57,58)45-29-17-39(3)18-30-45)71(51-49(7,8)9)72(52-50(10,11)12)74(68(59,60)46-31-19-40(4)20-32-46,69(61,62)47-33-21-41(5)22-34-47)70(63,64)48-35-23-42(6)24-36-48/h13-36,51-52H,1-12H3. The third-order valence-corrected chi connectivity index (χ3v) is 121. The average Bonchev–Trinajstić information content (AvgIpc) is 3.28. The lowest BCUT2D eigenvalue weighted by Crippen LogP contribution is -2.90. The van der Waals surface area contributed by atoms with Gasteiger partial charge in [-0.05, 0) is 156 Å². The topological polar surface area (TPSA) is 229 Å². The van der Waals surface area contributed by atoms with Gasteiger partial charge in [-0.15, -0.1) is 0 Å². The molecule has 0 atom stereocenters. The van der Waals surface area contributed by atoms with Crippen LogP contribution in [0.3, 0.4) is 0 Å². The largest absolute Gasteiger partial charge is 0.468 e. The summed E-state index contributed by atoms with van der Waals surface area (Å²) in [6.45, 7) is 18.5. The van der Waals surface area contributed by atoms with Gasteiger partial charge < -0.3 is 9.96 Å². The van der Waals surface area contributed by atoms with Gasteiger partial charge in [0, 0.05) is 11.1 Å². The molecule has 0 bridgehead atoms. The molecule has 24 heteroatoms. The van der Waals surface area contributed by atoms with Crippen LogP contribution in [-0.2, 0) is 55.7 Å². The third kappa shape index (κ3) is 10.3. The van der Waals surface area contributed by atoms with E-state index in [1.54, 1.807) is 41.5 Å². The zero-order valence-electron chi connectivity index (χ0n) is 43.2. The Labute approximate surface area is 441 Å². The molecule has 14 nitrogen and oxygen atoms in total. The van der Waals surface area contributed by atoms with Gasteiger partial charge in [-0.3, -0.25) is 0 Å². The summed E-state index contributed by atoms with van der Waals surface area (Å²) in [5.41, 5.74) is -0.237. The summed E-state index contributed by atoms with van der Waals surface area (Å²) >= 11 is 0. The highest BCUT2D eigenvalue weighted by atomic mass is 32.9. The fourth-order valence-corrected chi connectivity index (χ4v) is 165. The van der Waals surface area contributed by atoms with Crippen molar-refractivity contribution in [3.63, 3.8) is 0 Å². The fraction of sp³-hybridized carbons (Fsp3) is 0.280. The third-order valence-electron chi connectivity index (χ3n) is 12.0. The van der Waals surface area contributed by atoms with Crippen LogP contribution in [0, 0.1) is 41.5 Å². The van der Waals surface area contributed by atoms with Crippen molar-refractivity contribution in [2.24, 2.45) is 0 Å². The number of hydrogen-bond donors (Lipinski definition) is 2. The van der Waals surface area contributed by atoms with Crippen molar-refractivity contribution in [3.8, 4) is 0 Å². The Kier molecular flexibility index (Phi) is 16.5. The minimum absolute atomic E-state index is 0.500. The molecule has 0 spiro atoms. The Bertz CT molecular complexity index is 3140. The predicted octanol–water partition coefficient (Wildman–Crippen LogP) is 7.55. The molecule has 0 saturated carbocycles. The predicted molar refractivity (Wildman–Crippen MR) is 299 cm³/mol. The highest BCUT2D eigenvalue weighted by Crippen LogP contribution is 2.48. The summed E-state index contributed by atoms with van der Waals surface area (Å²) in [7, 11) is -45.8. The Morgan fingerprint density at radius 3 is 0.500 bits per heavy atom. The summed E-state index contributed by atoms with van der Waals surface area (Å²) in [6, 6.07) is 28.8. The average molecular weight is 1190 g/mol. The van der Waals surface area contributed by atoms with Crippen LogP contribution in [0.1, 0.15) is 74.9 Å². The van der Waals surface area contributed by atoms with E-state index in [9.17, 15) is 0 Å². The maximum absolute atomic E-state index is 17.0. The molecule has 0 aliphatic heterocycles. The van der Waals surface area contributed by atoms with E-state index in [1.807, 2.05) is 0 Å². The van der Waals surface area contributed by atoms with Gasteiger partial charge in [-0.25, -0.2) is 50.5 Å². The molecule has 0 unspecified atom stereocenters. The molecule has 0 fully saturated rings. The monoisotopic (exact) mass is 1190 g/mol. The smallest absolute Gasteiger partial charge is 0.334 e. The lowest BCUT2D eigenvalue weighted by Gasteiger charge is -2.46. The number of aryl methyl sites for hydroxylation is 6. The quantitative estimate of drug-likeness (QED) is 0.0841. The number of nitrogens with one attached hydrogen (secondary N) is 2. The first-order valence-electron chi connectivity index (χ1n) is 23.1. The van der Waals surface area contributed by atoms with E-state index < -0.39 is 122 Å². The van der Waals surface area contributed by atoms with Gasteiger partial charge in [0.2, 0.25) is 0 Å². The van der Waals surface area contributed by atoms with Crippen molar-refractivity contribution in [1.29, 1.82) is 0 Å².